The van der Waals surface area contributed by atoms with Crippen LogP contribution in [-0.2, 0) is 16.0 Å². The molecule has 0 radical (unpaired) electrons. The van der Waals surface area contributed by atoms with Crippen LogP contribution in [0.25, 0.3) is 0 Å². The molecule has 1 aromatic heterocycles. The van der Waals surface area contributed by atoms with Crippen molar-refractivity contribution in [2.75, 3.05) is 20.2 Å². The maximum atomic E-state index is 11.4. The second-order valence-electron chi connectivity index (χ2n) is 3.08. The van der Waals surface area contributed by atoms with Gasteiger partial charge >= 0.3 is 0 Å². The molecule has 0 spiro atoms. The number of aromatic amines is 1. The van der Waals surface area contributed by atoms with Crippen LogP contribution in [0.15, 0.2) is 12.5 Å². The summed E-state index contributed by atoms with van der Waals surface area (Å²) in [7, 11) is 1.46. The molecule has 6 nitrogen and oxygen atoms in total. The molecule has 0 aromatic carbocycles. The zero-order valence-electron chi connectivity index (χ0n) is 8.69. The monoisotopic (exact) mass is 212 g/mol. The number of nitrogens with two attached hydrogens (primary N) is 1. The normalized spacial score (nSPS) is 12.4. The molecule has 1 amide bonds. The number of carbonyl (C=O) groups excluding carboxylic acids is 1. The van der Waals surface area contributed by atoms with Crippen LogP contribution in [0.1, 0.15) is 5.69 Å². The van der Waals surface area contributed by atoms with Gasteiger partial charge in [0.15, 0.2) is 0 Å². The molecule has 1 unspecified atom stereocenters. The van der Waals surface area contributed by atoms with Crippen molar-refractivity contribution in [3.63, 3.8) is 0 Å². The molecule has 1 atom stereocenters. The van der Waals surface area contributed by atoms with Gasteiger partial charge in [-0.05, 0) is 0 Å². The van der Waals surface area contributed by atoms with Crippen molar-refractivity contribution in [3.8, 4) is 0 Å². The molecule has 0 fully saturated rings. The minimum Gasteiger partial charge on any atom is -0.370 e. The van der Waals surface area contributed by atoms with Crippen molar-refractivity contribution in [2.45, 2.75) is 12.5 Å². The Morgan fingerprint density at radius 1 is 1.80 bits per heavy atom. The lowest BCUT2D eigenvalue weighted by Crippen LogP contribution is -2.41. The van der Waals surface area contributed by atoms with E-state index in [4.69, 9.17) is 10.5 Å². The van der Waals surface area contributed by atoms with E-state index in [1.165, 1.54) is 7.11 Å². The molecule has 1 rings (SSSR count). The van der Waals surface area contributed by atoms with Gasteiger partial charge in [0, 0.05) is 38.5 Å². The van der Waals surface area contributed by atoms with Crippen LogP contribution in [0.5, 0.6) is 0 Å². The number of aromatic nitrogens is 2. The molecule has 6 heteroatoms. The van der Waals surface area contributed by atoms with Gasteiger partial charge in [0.25, 0.3) is 0 Å². The highest BCUT2D eigenvalue weighted by Crippen LogP contribution is 1.92. The van der Waals surface area contributed by atoms with E-state index in [1.54, 1.807) is 12.5 Å². The summed E-state index contributed by atoms with van der Waals surface area (Å²) < 4.78 is 4.89. The largest absolute Gasteiger partial charge is 0.370 e. The van der Waals surface area contributed by atoms with Gasteiger partial charge in [0.1, 0.15) is 6.10 Å². The van der Waals surface area contributed by atoms with Crippen molar-refractivity contribution in [1.82, 2.24) is 15.3 Å². The molecular weight excluding hydrogens is 196 g/mol. The SMILES string of the molecule is COC(CN)C(=O)NCCc1cnc[nH]1. The van der Waals surface area contributed by atoms with E-state index in [-0.39, 0.29) is 12.5 Å². The fourth-order valence-corrected chi connectivity index (χ4v) is 1.17. The van der Waals surface area contributed by atoms with Crippen LogP contribution in [0.4, 0.5) is 0 Å². The number of nitrogens with zero attached hydrogens (tertiary/aromatic N) is 1. The molecular formula is C9H16N4O2. The first-order valence-corrected chi connectivity index (χ1v) is 4.75. The lowest BCUT2D eigenvalue weighted by atomic mass is 10.3. The quantitative estimate of drug-likeness (QED) is 0.566. The molecule has 84 valence electrons. The molecule has 0 bridgehead atoms. The van der Waals surface area contributed by atoms with Crippen molar-refractivity contribution in [1.29, 1.82) is 0 Å². The summed E-state index contributed by atoms with van der Waals surface area (Å²) in [5, 5.41) is 2.73. The second-order valence-corrected chi connectivity index (χ2v) is 3.08. The molecule has 0 aliphatic heterocycles. The number of rotatable bonds is 6. The third-order valence-corrected chi connectivity index (χ3v) is 2.04. The Hall–Kier alpha value is -1.40. The van der Waals surface area contributed by atoms with Gasteiger partial charge in [0.2, 0.25) is 5.91 Å². The maximum Gasteiger partial charge on any atom is 0.250 e. The Labute approximate surface area is 88.2 Å². The molecule has 0 aliphatic rings. The molecule has 0 saturated heterocycles. The summed E-state index contributed by atoms with van der Waals surface area (Å²) in [4.78, 5) is 18.2. The van der Waals surface area contributed by atoms with Gasteiger partial charge in [-0.25, -0.2) is 4.98 Å². The van der Waals surface area contributed by atoms with E-state index in [0.29, 0.717) is 13.0 Å². The average molecular weight is 212 g/mol. The number of ether oxygens (including phenoxy) is 1. The average Bonchev–Trinajstić information content (AvgIpc) is 2.72. The Bertz CT molecular complexity index is 282. The first-order valence-electron chi connectivity index (χ1n) is 4.75. The molecule has 1 heterocycles. The fraction of sp³-hybridized carbons (Fsp3) is 0.556. The van der Waals surface area contributed by atoms with Crippen LogP contribution >= 0.6 is 0 Å². The number of hydrogen-bond donors (Lipinski definition) is 3. The van der Waals surface area contributed by atoms with E-state index in [2.05, 4.69) is 15.3 Å². The van der Waals surface area contributed by atoms with Gasteiger partial charge in [-0.15, -0.1) is 0 Å². The number of hydrogen-bond acceptors (Lipinski definition) is 4. The Balaban J connectivity index is 2.22. The Morgan fingerprint density at radius 2 is 2.60 bits per heavy atom. The molecule has 4 N–H and O–H groups in total. The number of carbonyl (C=O) groups is 1. The highest BCUT2D eigenvalue weighted by atomic mass is 16.5. The van der Waals surface area contributed by atoms with E-state index in [1.807, 2.05) is 0 Å². The maximum absolute atomic E-state index is 11.4. The summed E-state index contributed by atoms with van der Waals surface area (Å²) in [6.07, 6.45) is 3.48. The minimum absolute atomic E-state index is 0.181. The van der Waals surface area contributed by atoms with E-state index < -0.39 is 6.10 Å². The highest BCUT2D eigenvalue weighted by molar-refractivity contribution is 5.80. The fourth-order valence-electron chi connectivity index (χ4n) is 1.17. The van der Waals surface area contributed by atoms with E-state index in [0.717, 1.165) is 5.69 Å². The van der Waals surface area contributed by atoms with Gasteiger partial charge in [0.05, 0.1) is 6.33 Å². The zero-order valence-corrected chi connectivity index (χ0v) is 8.69. The van der Waals surface area contributed by atoms with Crippen molar-refractivity contribution < 1.29 is 9.53 Å². The van der Waals surface area contributed by atoms with Crippen LogP contribution in [0.2, 0.25) is 0 Å². The summed E-state index contributed by atoms with van der Waals surface area (Å²) in [5.74, 6) is -0.181. The summed E-state index contributed by atoms with van der Waals surface area (Å²) in [6, 6.07) is 0. The van der Waals surface area contributed by atoms with Gasteiger partial charge in [-0.3, -0.25) is 4.79 Å². The van der Waals surface area contributed by atoms with E-state index >= 15 is 0 Å². The number of methoxy groups -OCH3 is 1. The predicted molar refractivity (Wildman–Crippen MR) is 55.2 cm³/mol. The van der Waals surface area contributed by atoms with Crippen LogP contribution in [-0.4, -0.2) is 42.2 Å². The number of H-pyrrole nitrogens is 1. The van der Waals surface area contributed by atoms with Gasteiger partial charge in [-0.2, -0.15) is 0 Å². The predicted octanol–water partition coefficient (Wildman–Crippen LogP) is -0.958. The van der Waals surface area contributed by atoms with Crippen LogP contribution in [0, 0.1) is 0 Å². The third-order valence-electron chi connectivity index (χ3n) is 2.04. The summed E-state index contributed by atoms with van der Waals surface area (Å²) >= 11 is 0. The van der Waals surface area contributed by atoms with Crippen molar-refractivity contribution in [3.05, 3.63) is 18.2 Å². The van der Waals surface area contributed by atoms with Gasteiger partial charge < -0.3 is 20.8 Å². The lowest BCUT2D eigenvalue weighted by molar-refractivity contribution is -0.130. The smallest absolute Gasteiger partial charge is 0.250 e. The van der Waals surface area contributed by atoms with Crippen LogP contribution in [0.3, 0.4) is 0 Å². The number of amides is 1. The molecule has 0 saturated carbocycles. The third kappa shape index (κ3) is 3.69. The minimum atomic E-state index is -0.563. The summed E-state index contributed by atoms with van der Waals surface area (Å²) in [5.41, 5.74) is 6.33. The van der Waals surface area contributed by atoms with E-state index in [9.17, 15) is 4.79 Å². The first kappa shape index (κ1) is 11.7. The Kier molecular flexibility index (Phi) is 4.79. The lowest BCUT2D eigenvalue weighted by Gasteiger charge is -2.12. The molecule has 1 aromatic rings. The van der Waals surface area contributed by atoms with Crippen molar-refractivity contribution in [2.24, 2.45) is 5.73 Å². The van der Waals surface area contributed by atoms with Crippen LogP contribution < -0.4 is 11.1 Å². The topological polar surface area (TPSA) is 93.0 Å². The highest BCUT2D eigenvalue weighted by Gasteiger charge is 2.14. The number of nitrogens with one attached hydrogen (secondary N) is 2. The van der Waals surface area contributed by atoms with Gasteiger partial charge in [-0.1, -0.05) is 0 Å². The second kappa shape index (κ2) is 6.15. The molecule has 15 heavy (non-hydrogen) atoms. The molecule has 0 aliphatic carbocycles. The standard InChI is InChI=1S/C9H16N4O2/c1-15-8(4-10)9(14)12-3-2-7-5-11-6-13-7/h5-6,8H,2-4,10H2,1H3,(H,11,13)(H,12,14). The number of imidazole rings is 1. The Morgan fingerprint density at radius 3 is 3.13 bits per heavy atom. The first-order chi connectivity index (χ1) is 7.27. The zero-order chi connectivity index (χ0) is 11.1. The summed E-state index contributed by atoms with van der Waals surface area (Å²) in [6.45, 7) is 0.729. The van der Waals surface area contributed by atoms with Crippen molar-refractivity contribution >= 4 is 5.91 Å².